The van der Waals surface area contributed by atoms with E-state index in [1.807, 2.05) is 30.5 Å². The summed E-state index contributed by atoms with van der Waals surface area (Å²) < 4.78 is 10.6. The summed E-state index contributed by atoms with van der Waals surface area (Å²) >= 11 is 0. The fourth-order valence-corrected chi connectivity index (χ4v) is 2.79. The Balaban J connectivity index is 1.59. The van der Waals surface area contributed by atoms with Crippen LogP contribution in [0.5, 0.6) is 11.5 Å². The Labute approximate surface area is 143 Å². The highest BCUT2D eigenvalue weighted by molar-refractivity contribution is 5.80. The fourth-order valence-electron chi connectivity index (χ4n) is 2.79. The molecule has 0 bridgehead atoms. The number of hydrogen-bond donors (Lipinski definition) is 0. The summed E-state index contributed by atoms with van der Waals surface area (Å²) in [4.78, 5) is 2.39. The van der Waals surface area contributed by atoms with Gasteiger partial charge in [0, 0.05) is 18.8 Å². The van der Waals surface area contributed by atoms with E-state index in [2.05, 4.69) is 39.3 Å². The van der Waals surface area contributed by atoms with Gasteiger partial charge >= 0.3 is 0 Å². The zero-order chi connectivity index (χ0) is 16.8. The Hall–Kier alpha value is -2.69. The predicted molar refractivity (Wildman–Crippen MR) is 97.4 cm³/mol. The van der Waals surface area contributed by atoms with E-state index >= 15 is 0 Å². The number of para-hydroxylation sites is 1. The Morgan fingerprint density at radius 3 is 2.25 bits per heavy atom. The van der Waals surface area contributed by atoms with Crippen LogP contribution in [0.4, 0.5) is 5.69 Å². The number of hydrogen-bond acceptors (Lipinski definition) is 5. The molecule has 0 amide bonds. The third-order valence-electron chi connectivity index (χ3n) is 4.16. The van der Waals surface area contributed by atoms with Gasteiger partial charge < -0.3 is 14.4 Å². The van der Waals surface area contributed by atoms with Gasteiger partial charge in [-0.3, -0.25) is 5.01 Å². The van der Waals surface area contributed by atoms with Crippen LogP contribution in [0.1, 0.15) is 5.56 Å². The highest BCUT2D eigenvalue weighted by atomic mass is 16.5. The molecule has 0 N–H and O–H groups in total. The van der Waals surface area contributed by atoms with E-state index in [-0.39, 0.29) is 0 Å². The summed E-state index contributed by atoms with van der Waals surface area (Å²) in [5.41, 5.74) is 2.28. The molecule has 0 aliphatic carbocycles. The number of benzene rings is 2. The lowest BCUT2D eigenvalue weighted by Crippen LogP contribution is -2.44. The third kappa shape index (κ3) is 3.79. The molecule has 1 fully saturated rings. The maximum atomic E-state index is 5.32. The number of anilines is 1. The van der Waals surface area contributed by atoms with Gasteiger partial charge in [-0.05, 0) is 35.9 Å². The number of nitrogens with zero attached hydrogens (tertiary/aromatic N) is 3. The molecule has 0 radical (unpaired) electrons. The monoisotopic (exact) mass is 325 g/mol. The van der Waals surface area contributed by atoms with Crippen molar-refractivity contribution in [2.45, 2.75) is 0 Å². The maximum Gasteiger partial charge on any atom is 0.161 e. The Morgan fingerprint density at radius 1 is 0.875 bits per heavy atom. The van der Waals surface area contributed by atoms with Gasteiger partial charge in [0.1, 0.15) is 0 Å². The molecule has 1 aliphatic rings. The van der Waals surface area contributed by atoms with E-state index in [0.29, 0.717) is 0 Å². The van der Waals surface area contributed by atoms with Crippen LogP contribution < -0.4 is 14.4 Å². The lowest BCUT2D eigenvalue weighted by atomic mass is 10.2. The molecule has 1 aliphatic heterocycles. The van der Waals surface area contributed by atoms with Crippen molar-refractivity contribution in [3.8, 4) is 11.5 Å². The SMILES string of the molecule is COc1ccc(/C=N\N2CCN(c3ccccc3)CC2)cc1OC. The van der Waals surface area contributed by atoms with Gasteiger partial charge in [-0.1, -0.05) is 18.2 Å². The van der Waals surface area contributed by atoms with Gasteiger partial charge in [0.25, 0.3) is 0 Å². The van der Waals surface area contributed by atoms with E-state index in [1.54, 1.807) is 14.2 Å². The molecule has 2 aromatic carbocycles. The molecular weight excluding hydrogens is 302 g/mol. The predicted octanol–water partition coefficient (Wildman–Crippen LogP) is 2.86. The Morgan fingerprint density at radius 2 is 1.58 bits per heavy atom. The first kappa shape index (κ1) is 16.2. The van der Waals surface area contributed by atoms with Crippen LogP contribution in [0.25, 0.3) is 0 Å². The molecule has 5 nitrogen and oxygen atoms in total. The molecule has 126 valence electrons. The second-order valence-electron chi connectivity index (χ2n) is 5.64. The molecule has 0 unspecified atom stereocenters. The molecular formula is C19H23N3O2. The molecule has 1 heterocycles. The average Bonchev–Trinajstić information content (AvgIpc) is 2.67. The maximum absolute atomic E-state index is 5.32. The minimum Gasteiger partial charge on any atom is -0.493 e. The number of methoxy groups -OCH3 is 2. The normalized spacial score (nSPS) is 14.9. The van der Waals surface area contributed by atoms with Gasteiger partial charge in [0.15, 0.2) is 11.5 Å². The fraction of sp³-hybridized carbons (Fsp3) is 0.316. The first-order valence-corrected chi connectivity index (χ1v) is 8.11. The van der Waals surface area contributed by atoms with Crippen LogP contribution in [0.3, 0.4) is 0 Å². The Bertz CT molecular complexity index is 680. The lowest BCUT2D eigenvalue weighted by Gasteiger charge is -2.34. The highest BCUT2D eigenvalue weighted by Crippen LogP contribution is 2.27. The van der Waals surface area contributed by atoms with Gasteiger partial charge in [-0.2, -0.15) is 5.10 Å². The molecule has 24 heavy (non-hydrogen) atoms. The summed E-state index contributed by atoms with van der Waals surface area (Å²) in [7, 11) is 3.28. The molecule has 1 saturated heterocycles. The minimum absolute atomic E-state index is 0.718. The number of ether oxygens (including phenoxy) is 2. The Kier molecular flexibility index (Phi) is 5.21. The van der Waals surface area contributed by atoms with Crippen molar-refractivity contribution in [2.24, 2.45) is 5.10 Å². The van der Waals surface area contributed by atoms with Crippen molar-refractivity contribution < 1.29 is 9.47 Å². The minimum atomic E-state index is 0.718. The third-order valence-corrected chi connectivity index (χ3v) is 4.16. The van der Waals surface area contributed by atoms with Crippen LogP contribution in [0.15, 0.2) is 53.6 Å². The smallest absolute Gasteiger partial charge is 0.161 e. The van der Waals surface area contributed by atoms with E-state index in [0.717, 1.165) is 43.2 Å². The largest absolute Gasteiger partial charge is 0.493 e. The standard InChI is InChI=1S/C19H23N3O2/c1-23-18-9-8-16(14-19(18)24-2)15-20-22-12-10-21(11-13-22)17-6-4-3-5-7-17/h3-9,14-15H,10-13H2,1-2H3/b20-15-. The van der Waals surface area contributed by atoms with Crippen molar-refractivity contribution in [3.63, 3.8) is 0 Å². The van der Waals surface area contributed by atoms with E-state index < -0.39 is 0 Å². The van der Waals surface area contributed by atoms with Crippen molar-refractivity contribution in [1.29, 1.82) is 0 Å². The number of rotatable bonds is 5. The van der Waals surface area contributed by atoms with Gasteiger partial charge in [0.05, 0.1) is 33.5 Å². The lowest BCUT2D eigenvalue weighted by molar-refractivity contribution is 0.272. The first-order valence-electron chi connectivity index (χ1n) is 8.11. The van der Waals surface area contributed by atoms with Crippen molar-refractivity contribution in [2.75, 3.05) is 45.3 Å². The summed E-state index contributed by atoms with van der Waals surface area (Å²) in [5, 5.41) is 6.71. The van der Waals surface area contributed by atoms with Crippen LogP contribution in [-0.4, -0.2) is 51.6 Å². The summed E-state index contributed by atoms with van der Waals surface area (Å²) in [6, 6.07) is 16.3. The zero-order valence-corrected chi connectivity index (χ0v) is 14.2. The molecule has 0 spiro atoms. The first-order chi connectivity index (χ1) is 11.8. The number of hydrazone groups is 1. The van der Waals surface area contributed by atoms with E-state index in [1.165, 1.54) is 5.69 Å². The van der Waals surface area contributed by atoms with E-state index in [9.17, 15) is 0 Å². The molecule has 3 rings (SSSR count). The summed E-state index contributed by atoms with van der Waals surface area (Å²) in [6.45, 7) is 3.79. The van der Waals surface area contributed by atoms with Crippen LogP contribution in [0.2, 0.25) is 0 Å². The highest BCUT2D eigenvalue weighted by Gasteiger charge is 2.15. The van der Waals surface area contributed by atoms with Gasteiger partial charge in [-0.15, -0.1) is 0 Å². The van der Waals surface area contributed by atoms with Gasteiger partial charge in [0.2, 0.25) is 0 Å². The van der Waals surface area contributed by atoms with Crippen LogP contribution in [0, 0.1) is 0 Å². The average molecular weight is 325 g/mol. The van der Waals surface area contributed by atoms with Crippen LogP contribution in [-0.2, 0) is 0 Å². The van der Waals surface area contributed by atoms with Crippen LogP contribution >= 0.6 is 0 Å². The van der Waals surface area contributed by atoms with Crippen molar-refractivity contribution in [3.05, 3.63) is 54.1 Å². The summed E-state index contributed by atoms with van der Waals surface area (Å²) in [5.74, 6) is 1.45. The topological polar surface area (TPSA) is 37.3 Å². The second-order valence-corrected chi connectivity index (χ2v) is 5.64. The van der Waals surface area contributed by atoms with E-state index in [4.69, 9.17) is 9.47 Å². The molecule has 0 atom stereocenters. The summed E-state index contributed by atoms with van der Waals surface area (Å²) in [6.07, 6.45) is 1.88. The molecule has 0 aromatic heterocycles. The van der Waals surface area contributed by atoms with Gasteiger partial charge in [-0.25, -0.2) is 0 Å². The molecule has 5 heteroatoms. The molecule has 0 saturated carbocycles. The molecule has 2 aromatic rings. The second kappa shape index (κ2) is 7.73. The zero-order valence-electron chi connectivity index (χ0n) is 14.2. The quantitative estimate of drug-likeness (QED) is 0.792. The number of piperazine rings is 1. The van der Waals surface area contributed by atoms with Crippen molar-refractivity contribution >= 4 is 11.9 Å². The van der Waals surface area contributed by atoms with Crippen molar-refractivity contribution in [1.82, 2.24) is 5.01 Å².